The fourth-order valence-electron chi connectivity index (χ4n) is 8.01. The van der Waals surface area contributed by atoms with E-state index >= 15 is 0 Å². The maximum Gasteiger partial charge on any atom is 0.258 e. The molecule has 4 heterocycles. The van der Waals surface area contributed by atoms with Gasteiger partial charge in [0.25, 0.3) is 11.8 Å². The highest BCUT2D eigenvalue weighted by Crippen LogP contribution is 2.55. The maximum absolute atomic E-state index is 13.7. The fourth-order valence-corrected chi connectivity index (χ4v) is 8.01. The Morgan fingerprint density at radius 1 is 0.878 bits per heavy atom. The minimum atomic E-state index is 0.0272. The number of hydrogen-bond acceptors (Lipinski definition) is 6. The first-order valence-corrected chi connectivity index (χ1v) is 17.9. The third-order valence-corrected chi connectivity index (χ3v) is 11.1. The molecule has 254 valence electrons. The molecule has 8 nitrogen and oxygen atoms in total. The van der Waals surface area contributed by atoms with Crippen molar-refractivity contribution in [2.24, 2.45) is 10.4 Å². The second kappa shape index (κ2) is 12.7. The lowest BCUT2D eigenvalue weighted by Gasteiger charge is -2.21. The summed E-state index contributed by atoms with van der Waals surface area (Å²) in [5, 5.41) is 0. The molecule has 2 atom stereocenters. The number of rotatable bonds is 10. The SMILES string of the molecule is COc1cc2c(cc1OCCCCCOc1cc3c(cc1C)C(=O)N1CC4(CC4)C[C@H]1C=N3)CC[C@@H]1CC(c3ccc(C)cc3)=CN1C2=O. The topological polar surface area (TPSA) is 80.7 Å². The summed E-state index contributed by atoms with van der Waals surface area (Å²) in [6.07, 6.45) is 12.8. The average molecular weight is 660 g/mol. The van der Waals surface area contributed by atoms with Crippen LogP contribution in [0.1, 0.15) is 94.3 Å². The Hall–Kier alpha value is -4.59. The van der Waals surface area contributed by atoms with Crippen molar-refractivity contribution in [3.8, 4) is 17.2 Å². The van der Waals surface area contributed by atoms with Crippen LogP contribution in [-0.2, 0) is 6.42 Å². The molecular formula is C41H45N3O5. The van der Waals surface area contributed by atoms with Crippen LogP contribution in [0.2, 0.25) is 0 Å². The molecule has 1 saturated heterocycles. The second-order valence-electron chi connectivity index (χ2n) is 14.7. The third-order valence-electron chi connectivity index (χ3n) is 11.1. The van der Waals surface area contributed by atoms with E-state index in [9.17, 15) is 9.59 Å². The van der Waals surface area contributed by atoms with Gasteiger partial charge in [-0.05, 0) is 118 Å². The number of carbonyl (C=O) groups is 2. The van der Waals surface area contributed by atoms with Crippen molar-refractivity contribution in [1.82, 2.24) is 9.80 Å². The molecule has 0 radical (unpaired) electrons. The van der Waals surface area contributed by atoms with Crippen LogP contribution in [0.15, 0.2) is 59.7 Å². The maximum atomic E-state index is 13.7. The van der Waals surface area contributed by atoms with E-state index in [4.69, 9.17) is 19.2 Å². The minimum Gasteiger partial charge on any atom is -0.493 e. The van der Waals surface area contributed by atoms with Crippen molar-refractivity contribution in [2.75, 3.05) is 26.9 Å². The van der Waals surface area contributed by atoms with E-state index in [1.165, 1.54) is 29.5 Å². The molecule has 0 N–H and O–H groups in total. The molecule has 5 aliphatic rings. The molecule has 1 saturated carbocycles. The summed E-state index contributed by atoms with van der Waals surface area (Å²) in [4.78, 5) is 35.8. The Kier molecular flexibility index (Phi) is 8.21. The van der Waals surface area contributed by atoms with E-state index in [1.807, 2.05) is 53.4 Å². The number of aliphatic imine (C=N–C) groups is 1. The van der Waals surface area contributed by atoms with Gasteiger partial charge in [-0.15, -0.1) is 0 Å². The number of carbonyl (C=O) groups excluding carboxylic acids is 2. The van der Waals surface area contributed by atoms with Crippen molar-refractivity contribution in [2.45, 2.75) is 83.7 Å². The Bertz CT molecular complexity index is 1860. The van der Waals surface area contributed by atoms with Gasteiger partial charge in [-0.25, -0.2) is 0 Å². The lowest BCUT2D eigenvalue weighted by atomic mass is 9.97. The number of nitrogens with zero attached hydrogens (tertiary/aromatic N) is 3. The van der Waals surface area contributed by atoms with Gasteiger partial charge in [0, 0.05) is 36.6 Å². The molecule has 1 spiro atoms. The van der Waals surface area contributed by atoms with E-state index in [0.717, 1.165) is 68.4 Å². The van der Waals surface area contributed by atoms with Gasteiger partial charge in [-0.3, -0.25) is 14.6 Å². The van der Waals surface area contributed by atoms with Gasteiger partial charge < -0.3 is 24.0 Å². The highest BCUT2D eigenvalue weighted by atomic mass is 16.5. The van der Waals surface area contributed by atoms with Crippen LogP contribution >= 0.6 is 0 Å². The van der Waals surface area contributed by atoms with Gasteiger partial charge in [-0.1, -0.05) is 29.8 Å². The standard InChI is InChI=1S/C41H45N3O5/c1-26-7-9-28(10-8-26)30-18-31-12-11-29-19-38(37(47-3)20-33(29)39(45)43(31)24-30)49-16-6-4-5-15-48-36-21-35-34(17-27(36)2)40(46)44-25-41(13-14-41)22-32(44)23-42-35/h7-10,17,19-21,23-24,31-32H,4-6,11-16,18,22,25H2,1-3H3/t31-,32+/m1/s1. The lowest BCUT2D eigenvalue weighted by molar-refractivity contribution is 0.0765. The van der Waals surface area contributed by atoms with Gasteiger partial charge in [-0.2, -0.15) is 0 Å². The number of aryl methyl sites for hydroxylation is 3. The molecule has 0 aromatic heterocycles. The van der Waals surface area contributed by atoms with Crippen molar-refractivity contribution in [1.29, 1.82) is 0 Å². The van der Waals surface area contributed by atoms with Crippen molar-refractivity contribution < 1.29 is 23.8 Å². The van der Waals surface area contributed by atoms with Crippen molar-refractivity contribution >= 4 is 29.3 Å². The first-order chi connectivity index (χ1) is 23.8. The minimum absolute atomic E-state index is 0.0272. The number of ether oxygens (including phenoxy) is 3. The molecule has 49 heavy (non-hydrogen) atoms. The van der Waals surface area contributed by atoms with E-state index in [-0.39, 0.29) is 23.9 Å². The van der Waals surface area contributed by atoms with Gasteiger partial charge in [0.15, 0.2) is 11.5 Å². The van der Waals surface area contributed by atoms with Crippen LogP contribution in [0.4, 0.5) is 5.69 Å². The Morgan fingerprint density at radius 2 is 1.65 bits per heavy atom. The third kappa shape index (κ3) is 6.11. The van der Waals surface area contributed by atoms with Crippen LogP contribution in [0, 0.1) is 19.3 Å². The fraction of sp³-hybridized carbons (Fsp3) is 0.439. The number of hydrogen-bond donors (Lipinski definition) is 0. The van der Waals surface area contributed by atoms with Gasteiger partial charge in [0.2, 0.25) is 0 Å². The molecule has 0 bridgehead atoms. The summed E-state index contributed by atoms with van der Waals surface area (Å²) in [5.41, 5.74) is 8.04. The lowest BCUT2D eigenvalue weighted by Crippen LogP contribution is -2.35. The molecule has 2 amide bonds. The normalized spacial score (nSPS) is 21.4. The zero-order valence-corrected chi connectivity index (χ0v) is 28.8. The average Bonchev–Trinajstić information content (AvgIpc) is 3.63. The zero-order valence-electron chi connectivity index (χ0n) is 28.8. The van der Waals surface area contributed by atoms with Crippen LogP contribution in [0.5, 0.6) is 17.2 Å². The zero-order chi connectivity index (χ0) is 33.7. The Balaban J connectivity index is 0.839. The summed E-state index contributed by atoms with van der Waals surface area (Å²) in [6.45, 7) is 6.07. The molecule has 3 aromatic rings. The molecule has 3 aromatic carbocycles. The number of unbranched alkanes of at least 4 members (excludes halogenated alkanes) is 2. The molecule has 8 heteroatoms. The smallest absolute Gasteiger partial charge is 0.258 e. The van der Waals surface area contributed by atoms with Crippen LogP contribution in [0.3, 0.4) is 0 Å². The summed E-state index contributed by atoms with van der Waals surface area (Å²) in [7, 11) is 1.62. The summed E-state index contributed by atoms with van der Waals surface area (Å²) in [5.74, 6) is 2.18. The van der Waals surface area contributed by atoms with Gasteiger partial charge in [0.1, 0.15) is 5.75 Å². The molecule has 0 unspecified atom stereocenters. The quantitative estimate of drug-likeness (QED) is 0.207. The molecule has 2 fully saturated rings. The predicted molar refractivity (Wildman–Crippen MR) is 190 cm³/mol. The van der Waals surface area contributed by atoms with Crippen molar-refractivity contribution in [3.05, 3.63) is 88.1 Å². The monoisotopic (exact) mass is 659 g/mol. The van der Waals surface area contributed by atoms with Gasteiger partial charge >= 0.3 is 0 Å². The molecule has 1 aliphatic carbocycles. The summed E-state index contributed by atoms with van der Waals surface area (Å²) in [6, 6.07) is 16.5. The number of benzene rings is 3. The first kappa shape index (κ1) is 31.7. The van der Waals surface area contributed by atoms with Crippen LogP contribution in [0.25, 0.3) is 5.57 Å². The predicted octanol–water partition coefficient (Wildman–Crippen LogP) is 7.85. The second-order valence-corrected chi connectivity index (χ2v) is 14.7. The largest absolute Gasteiger partial charge is 0.493 e. The first-order valence-electron chi connectivity index (χ1n) is 17.9. The highest BCUT2D eigenvalue weighted by Gasteiger charge is 2.53. The Labute approximate surface area is 288 Å². The number of amides is 2. The van der Waals surface area contributed by atoms with E-state index in [2.05, 4.69) is 31.2 Å². The number of methoxy groups -OCH3 is 1. The van der Waals surface area contributed by atoms with Crippen molar-refractivity contribution in [3.63, 3.8) is 0 Å². The summed E-state index contributed by atoms with van der Waals surface area (Å²) >= 11 is 0. The number of fused-ring (bicyclic) bond motifs is 4. The Morgan fingerprint density at radius 3 is 2.41 bits per heavy atom. The molecular weight excluding hydrogens is 614 g/mol. The van der Waals surface area contributed by atoms with Gasteiger partial charge in [0.05, 0.1) is 37.6 Å². The summed E-state index contributed by atoms with van der Waals surface area (Å²) < 4.78 is 18.1. The molecule has 4 aliphatic heterocycles. The van der Waals surface area contributed by atoms with Crippen LogP contribution in [-0.4, -0.2) is 66.8 Å². The van der Waals surface area contributed by atoms with E-state index in [0.29, 0.717) is 46.9 Å². The van der Waals surface area contributed by atoms with E-state index < -0.39 is 0 Å². The van der Waals surface area contributed by atoms with Crippen LogP contribution < -0.4 is 14.2 Å². The highest BCUT2D eigenvalue weighted by molar-refractivity contribution is 6.03. The molecule has 8 rings (SSSR count). The van der Waals surface area contributed by atoms with E-state index in [1.54, 1.807) is 7.11 Å².